The molecule has 1 unspecified atom stereocenters. The fourth-order valence-corrected chi connectivity index (χ4v) is 2.69. The molecule has 1 aromatic rings. The van der Waals surface area contributed by atoms with Gasteiger partial charge in [0.2, 0.25) is 0 Å². The smallest absolute Gasteiger partial charge is 0.139 e. The number of ether oxygens (including phenoxy) is 1. The zero-order valence-electron chi connectivity index (χ0n) is 10.5. The minimum atomic E-state index is -0.324. The molecule has 0 spiro atoms. The number of piperidine rings is 1. The third-order valence-electron chi connectivity index (χ3n) is 3.19. The average Bonchev–Trinajstić information content (AvgIpc) is 2.34. The van der Waals surface area contributed by atoms with E-state index in [9.17, 15) is 4.39 Å². The van der Waals surface area contributed by atoms with E-state index in [0.717, 1.165) is 38.2 Å². The maximum atomic E-state index is 13.4. The summed E-state index contributed by atoms with van der Waals surface area (Å²) in [5.74, 6) is -0.324. The van der Waals surface area contributed by atoms with E-state index in [4.69, 9.17) is 10.5 Å². The number of anilines is 2. The first kappa shape index (κ1) is 13.6. The van der Waals surface area contributed by atoms with Gasteiger partial charge in [-0.05, 0) is 41.8 Å². The fraction of sp³-hybridized carbons (Fsp3) is 0.538. The second-order valence-corrected chi connectivity index (χ2v) is 5.35. The summed E-state index contributed by atoms with van der Waals surface area (Å²) < 4.78 is 19.5. The van der Waals surface area contributed by atoms with Gasteiger partial charge in [-0.15, -0.1) is 0 Å². The second kappa shape index (κ2) is 5.89. The van der Waals surface area contributed by atoms with Gasteiger partial charge in [-0.1, -0.05) is 0 Å². The predicted molar refractivity (Wildman–Crippen MR) is 75.4 cm³/mol. The fourth-order valence-electron chi connectivity index (χ4n) is 2.35. The lowest BCUT2D eigenvalue weighted by molar-refractivity contribution is 0.0527. The zero-order valence-corrected chi connectivity index (χ0v) is 12.0. The van der Waals surface area contributed by atoms with Crippen LogP contribution in [0.1, 0.15) is 19.8 Å². The molecule has 0 saturated carbocycles. The van der Waals surface area contributed by atoms with Crippen molar-refractivity contribution >= 4 is 27.3 Å². The topological polar surface area (TPSA) is 38.5 Å². The highest BCUT2D eigenvalue weighted by atomic mass is 79.9. The molecule has 3 nitrogen and oxygen atoms in total. The van der Waals surface area contributed by atoms with Gasteiger partial charge in [0.25, 0.3) is 0 Å². The van der Waals surface area contributed by atoms with Crippen molar-refractivity contribution in [2.75, 3.05) is 30.3 Å². The van der Waals surface area contributed by atoms with E-state index in [-0.39, 0.29) is 11.9 Å². The Morgan fingerprint density at radius 3 is 3.06 bits per heavy atom. The Morgan fingerprint density at radius 1 is 1.56 bits per heavy atom. The van der Waals surface area contributed by atoms with Gasteiger partial charge >= 0.3 is 0 Å². The Balaban J connectivity index is 2.18. The lowest BCUT2D eigenvalue weighted by atomic mass is 10.1. The largest absolute Gasteiger partial charge is 0.397 e. The normalized spacial score (nSPS) is 20.2. The maximum absolute atomic E-state index is 13.4. The van der Waals surface area contributed by atoms with Gasteiger partial charge in [-0.3, -0.25) is 0 Å². The Labute approximate surface area is 115 Å². The Kier molecular flexibility index (Phi) is 4.45. The van der Waals surface area contributed by atoms with Crippen LogP contribution in [0.3, 0.4) is 0 Å². The minimum Gasteiger partial charge on any atom is -0.397 e. The molecule has 2 N–H and O–H groups in total. The van der Waals surface area contributed by atoms with Crippen LogP contribution in [0.5, 0.6) is 0 Å². The van der Waals surface area contributed by atoms with Crippen molar-refractivity contribution in [3.05, 3.63) is 22.4 Å². The molecule has 0 amide bonds. The van der Waals surface area contributed by atoms with Crippen LogP contribution in [-0.2, 0) is 4.74 Å². The van der Waals surface area contributed by atoms with Gasteiger partial charge in [-0.25, -0.2) is 4.39 Å². The molecule has 1 fully saturated rings. The average molecular weight is 317 g/mol. The van der Waals surface area contributed by atoms with E-state index in [1.54, 1.807) is 6.07 Å². The standard InChI is InChI=1S/C13H18BrFN2O/c1-2-18-9-4-3-5-17(8-9)13-6-10(14)11(15)7-12(13)16/h6-7,9H,2-5,8,16H2,1H3. The summed E-state index contributed by atoms with van der Waals surface area (Å²) in [6.45, 7) is 4.48. The SMILES string of the molecule is CCOC1CCCN(c2cc(Br)c(F)cc2N)C1. The molecule has 2 rings (SSSR count). The van der Waals surface area contributed by atoms with Gasteiger partial charge in [-0.2, -0.15) is 0 Å². The second-order valence-electron chi connectivity index (χ2n) is 4.49. The van der Waals surface area contributed by atoms with Crippen molar-refractivity contribution in [2.24, 2.45) is 0 Å². The van der Waals surface area contributed by atoms with Crippen molar-refractivity contribution in [3.8, 4) is 0 Å². The van der Waals surface area contributed by atoms with Gasteiger partial charge in [0.1, 0.15) is 5.82 Å². The Bertz CT molecular complexity index is 426. The Morgan fingerprint density at radius 2 is 2.33 bits per heavy atom. The van der Waals surface area contributed by atoms with E-state index < -0.39 is 0 Å². The summed E-state index contributed by atoms with van der Waals surface area (Å²) in [7, 11) is 0. The van der Waals surface area contributed by atoms with Crippen LogP contribution in [0.25, 0.3) is 0 Å². The third kappa shape index (κ3) is 2.95. The number of hydrogen-bond acceptors (Lipinski definition) is 3. The lowest BCUT2D eigenvalue weighted by Gasteiger charge is -2.34. The molecule has 0 aromatic heterocycles. The van der Waals surface area contributed by atoms with Crippen molar-refractivity contribution in [2.45, 2.75) is 25.9 Å². The van der Waals surface area contributed by atoms with Crippen LogP contribution in [0.4, 0.5) is 15.8 Å². The molecule has 100 valence electrons. The van der Waals surface area contributed by atoms with Crippen molar-refractivity contribution in [1.29, 1.82) is 0 Å². The number of halogens is 2. The maximum Gasteiger partial charge on any atom is 0.139 e. The first-order chi connectivity index (χ1) is 8.61. The molecule has 0 bridgehead atoms. The summed E-state index contributed by atoms with van der Waals surface area (Å²) in [5, 5.41) is 0. The highest BCUT2D eigenvalue weighted by molar-refractivity contribution is 9.10. The van der Waals surface area contributed by atoms with Gasteiger partial charge < -0.3 is 15.4 Å². The molecule has 0 aliphatic carbocycles. The number of nitrogens with two attached hydrogens (primary N) is 1. The van der Waals surface area contributed by atoms with Crippen LogP contribution < -0.4 is 10.6 Å². The highest BCUT2D eigenvalue weighted by Gasteiger charge is 2.22. The highest BCUT2D eigenvalue weighted by Crippen LogP contribution is 2.31. The lowest BCUT2D eigenvalue weighted by Crippen LogP contribution is -2.40. The van der Waals surface area contributed by atoms with E-state index in [0.29, 0.717) is 10.2 Å². The van der Waals surface area contributed by atoms with Crippen molar-refractivity contribution in [3.63, 3.8) is 0 Å². The van der Waals surface area contributed by atoms with E-state index in [1.165, 1.54) is 6.07 Å². The summed E-state index contributed by atoms with van der Waals surface area (Å²) in [5.41, 5.74) is 7.26. The predicted octanol–water partition coefficient (Wildman–Crippen LogP) is 3.18. The molecule has 1 aliphatic rings. The molecule has 0 radical (unpaired) electrons. The molecule has 18 heavy (non-hydrogen) atoms. The van der Waals surface area contributed by atoms with Crippen LogP contribution in [0.2, 0.25) is 0 Å². The number of rotatable bonds is 3. The quantitative estimate of drug-likeness (QED) is 0.870. The first-order valence-corrected chi connectivity index (χ1v) is 7.02. The van der Waals surface area contributed by atoms with Crippen LogP contribution in [0.15, 0.2) is 16.6 Å². The number of nitrogens with zero attached hydrogens (tertiary/aromatic N) is 1. The molecule has 1 atom stereocenters. The summed E-state index contributed by atoms with van der Waals surface area (Å²) >= 11 is 3.20. The molecule has 1 aromatic carbocycles. The molecule has 1 aliphatic heterocycles. The zero-order chi connectivity index (χ0) is 13.1. The van der Waals surface area contributed by atoms with Gasteiger partial charge in [0.05, 0.1) is 22.0 Å². The first-order valence-electron chi connectivity index (χ1n) is 6.23. The summed E-state index contributed by atoms with van der Waals surface area (Å²) in [6.07, 6.45) is 2.39. The molecular weight excluding hydrogens is 299 g/mol. The van der Waals surface area contributed by atoms with Crippen molar-refractivity contribution < 1.29 is 9.13 Å². The Hall–Kier alpha value is -0.810. The third-order valence-corrected chi connectivity index (χ3v) is 3.80. The van der Waals surface area contributed by atoms with Crippen LogP contribution in [0, 0.1) is 5.82 Å². The minimum absolute atomic E-state index is 0.243. The van der Waals surface area contributed by atoms with E-state index >= 15 is 0 Å². The van der Waals surface area contributed by atoms with Crippen molar-refractivity contribution in [1.82, 2.24) is 0 Å². The number of hydrogen-bond donors (Lipinski definition) is 1. The van der Waals surface area contributed by atoms with Crippen LogP contribution >= 0.6 is 15.9 Å². The molecule has 1 heterocycles. The summed E-state index contributed by atoms with van der Waals surface area (Å²) in [6, 6.07) is 3.11. The molecular formula is C13H18BrFN2O. The monoisotopic (exact) mass is 316 g/mol. The molecule has 5 heteroatoms. The number of nitrogen functional groups attached to an aromatic ring is 1. The van der Waals surface area contributed by atoms with Crippen LogP contribution in [-0.4, -0.2) is 25.8 Å². The number of benzene rings is 1. The van der Waals surface area contributed by atoms with Gasteiger partial charge in [0.15, 0.2) is 0 Å². The van der Waals surface area contributed by atoms with Gasteiger partial charge in [0, 0.05) is 25.8 Å². The summed E-state index contributed by atoms with van der Waals surface area (Å²) in [4.78, 5) is 2.17. The molecule has 1 saturated heterocycles. The van der Waals surface area contributed by atoms with E-state index in [1.807, 2.05) is 6.92 Å². The van der Waals surface area contributed by atoms with E-state index in [2.05, 4.69) is 20.8 Å².